The normalized spacial score (nSPS) is 18.5. The summed E-state index contributed by atoms with van der Waals surface area (Å²) in [6.07, 6.45) is 3.83. The van der Waals surface area contributed by atoms with Crippen molar-refractivity contribution in [1.82, 2.24) is 10.2 Å². The highest BCUT2D eigenvalue weighted by molar-refractivity contribution is 6.68. The number of nitrogens with zero attached hydrogens (tertiary/aromatic N) is 1. The summed E-state index contributed by atoms with van der Waals surface area (Å²) >= 11 is 18.4. The Morgan fingerprint density at radius 3 is 2.27 bits per heavy atom. The molecule has 1 N–H and O–H groups in total. The van der Waals surface area contributed by atoms with E-state index in [-0.39, 0.29) is 5.91 Å². The van der Waals surface area contributed by atoms with Crippen LogP contribution in [0, 0.1) is 6.92 Å². The van der Waals surface area contributed by atoms with Gasteiger partial charge in [0.25, 0.3) is 5.91 Å². The number of hydrogen-bond donors (Lipinski definition) is 1. The van der Waals surface area contributed by atoms with E-state index >= 15 is 0 Å². The molecule has 0 unspecified atom stereocenters. The van der Waals surface area contributed by atoms with E-state index in [0.717, 1.165) is 31.5 Å². The number of carbonyl (C=O) groups is 1. The number of hydrogen-bond acceptors (Lipinski definition) is 2. The average Bonchev–Trinajstić information content (AvgIpc) is 2.72. The Hall–Kier alpha value is -0.480. The second-order valence-electron chi connectivity index (χ2n) is 5.68. The Morgan fingerprint density at radius 1 is 1.14 bits per heavy atom. The highest BCUT2D eigenvalue weighted by atomic mass is 35.6. The van der Waals surface area contributed by atoms with Crippen molar-refractivity contribution in [3.05, 3.63) is 35.4 Å². The third kappa shape index (κ3) is 4.76. The minimum atomic E-state index is -1.57. The smallest absolute Gasteiger partial charge is 0.252 e. The number of carbonyl (C=O) groups excluding carboxylic acids is 1. The molecule has 0 radical (unpaired) electrons. The lowest BCUT2D eigenvalue weighted by Crippen LogP contribution is -2.55. The van der Waals surface area contributed by atoms with Crippen LogP contribution in [0.3, 0.4) is 0 Å². The maximum atomic E-state index is 12.5. The second kappa shape index (κ2) is 7.87. The molecule has 122 valence electrons. The van der Waals surface area contributed by atoms with Gasteiger partial charge in [-0.25, -0.2) is 0 Å². The number of benzene rings is 1. The van der Waals surface area contributed by atoms with Crippen molar-refractivity contribution < 1.29 is 4.79 Å². The highest BCUT2D eigenvalue weighted by Crippen LogP contribution is 2.33. The van der Waals surface area contributed by atoms with Gasteiger partial charge in [-0.05, 0) is 31.4 Å². The Morgan fingerprint density at radius 2 is 1.73 bits per heavy atom. The lowest BCUT2D eigenvalue weighted by atomic mass is 10.1. The minimum absolute atomic E-state index is 0.210. The first-order valence-electron chi connectivity index (χ1n) is 7.57. The number of halogens is 3. The van der Waals surface area contributed by atoms with Gasteiger partial charge in [0.05, 0.1) is 0 Å². The van der Waals surface area contributed by atoms with Crippen LogP contribution in [0.5, 0.6) is 0 Å². The molecule has 0 bridgehead atoms. The van der Waals surface area contributed by atoms with E-state index in [9.17, 15) is 4.79 Å². The summed E-state index contributed by atoms with van der Waals surface area (Å²) < 4.78 is -1.57. The zero-order valence-electron chi connectivity index (χ0n) is 12.6. The van der Waals surface area contributed by atoms with E-state index in [2.05, 4.69) is 10.2 Å². The number of aryl methyl sites for hydroxylation is 1. The lowest BCUT2D eigenvalue weighted by Gasteiger charge is -2.35. The molecule has 1 saturated heterocycles. The van der Waals surface area contributed by atoms with Crippen LogP contribution in [0.4, 0.5) is 0 Å². The van der Waals surface area contributed by atoms with Crippen molar-refractivity contribution in [2.75, 3.05) is 13.1 Å². The number of rotatable bonds is 3. The third-order valence-electron chi connectivity index (χ3n) is 3.97. The van der Waals surface area contributed by atoms with Crippen molar-refractivity contribution in [3.63, 3.8) is 0 Å². The van der Waals surface area contributed by atoms with E-state index in [1.165, 1.54) is 12.8 Å². The molecule has 1 amide bonds. The van der Waals surface area contributed by atoms with E-state index in [1.54, 1.807) is 6.07 Å². The fourth-order valence-electron chi connectivity index (χ4n) is 2.76. The molecule has 6 heteroatoms. The monoisotopic (exact) mass is 362 g/mol. The van der Waals surface area contributed by atoms with E-state index in [0.29, 0.717) is 5.56 Å². The molecular weight excluding hydrogens is 343 g/mol. The van der Waals surface area contributed by atoms with Gasteiger partial charge in [0.15, 0.2) is 0 Å². The Balaban J connectivity index is 2.16. The molecule has 0 spiro atoms. The molecule has 1 aliphatic rings. The van der Waals surface area contributed by atoms with Gasteiger partial charge in [-0.2, -0.15) is 0 Å². The van der Waals surface area contributed by atoms with Crippen LogP contribution in [0.25, 0.3) is 0 Å². The quantitative estimate of drug-likeness (QED) is 0.812. The third-order valence-corrected chi connectivity index (χ3v) is 4.59. The molecule has 1 aromatic rings. The molecular formula is C16H21Cl3N2O. The lowest BCUT2D eigenvalue weighted by molar-refractivity contribution is 0.0853. The maximum absolute atomic E-state index is 12.5. The molecule has 22 heavy (non-hydrogen) atoms. The van der Waals surface area contributed by atoms with Gasteiger partial charge in [0.1, 0.15) is 6.17 Å². The molecule has 1 fully saturated rings. The van der Waals surface area contributed by atoms with E-state index < -0.39 is 9.96 Å². The van der Waals surface area contributed by atoms with Gasteiger partial charge in [0, 0.05) is 18.7 Å². The molecule has 1 aliphatic heterocycles. The topological polar surface area (TPSA) is 32.3 Å². The van der Waals surface area contributed by atoms with Crippen molar-refractivity contribution in [2.24, 2.45) is 0 Å². The van der Waals surface area contributed by atoms with Crippen LogP contribution in [0.1, 0.15) is 41.6 Å². The molecule has 3 nitrogen and oxygen atoms in total. The van der Waals surface area contributed by atoms with Gasteiger partial charge >= 0.3 is 0 Å². The second-order valence-corrected chi connectivity index (χ2v) is 8.05. The molecule has 1 aromatic carbocycles. The predicted octanol–water partition coefficient (Wildman–Crippen LogP) is 4.30. The Kier molecular flexibility index (Phi) is 6.39. The van der Waals surface area contributed by atoms with Crippen LogP contribution in [-0.2, 0) is 0 Å². The van der Waals surface area contributed by atoms with Gasteiger partial charge in [-0.1, -0.05) is 65.8 Å². The number of nitrogens with one attached hydrogen (secondary N) is 1. The van der Waals surface area contributed by atoms with Crippen LogP contribution in [-0.4, -0.2) is 33.9 Å². The average molecular weight is 364 g/mol. The van der Waals surface area contributed by atoms with Crippen molar-refractivity contribution >= 4 is 40.7 Å². The summed E-state index contributed by atoms with van der Waals surface area (Å²) in [4.78, 5) is 14.6. The summed E-state index contributed by atoms with van der Waals surface area (Å²) in [5.74, 6) is -0.210. The molecule has 2 rings (SSSR count). The molecule has 1 heterocycles. The van der Waals surface area contributed by atoms with Crippen LogP contribution >= 0.6 is 34.8 Å². The first-order valence-corrected chi connectivity index (χ1v) is 8.70. The van der Waals surface area contributed by atoms with E-state index in [4.69, 9.17) is 34.8 Å². The SMILES string of the molecule is Cc1ccccc1C(=O)N[C@H](N1CCCCCC1)C(Cl)(Cl)Cl. The van der Waals surface area contributed by atoms with Gasteiger partial charge < -0.3 is 5.32 Å². The summed E-state index contributed by atoms with van der Waals surface area (Å²) in [7, 11) is 0. The first-order chi connectivity index (χ1) is 10.4. The Labute approximate surface area is 146 Å². The van der Waals surface area contributed by atoms with E-state index in [1.807, 2.05) is 25.1 Å². The summed E-state index contributed by atoms with van der Waals surface area (Å²) in [5, 5.41) is 2.90. The first kappa shape index (κ1) is 17.9. The summed E-state index contributed by atoms with van der Waals surface area (Å²) in [6.45, 7) is 3.55. The summed E-state index contributed by atoms with van der Waals surface area (Å²) in [6, 6.07) is 7.40. The van der Waals surface area contributed by atoms with Gasteiger partial charge in [-0.3, -0.25) is 9.69 Å². The fraction of sp³-hybridized carbons (Fsp3) is 0.562. The molecule has 0 aliphatic carbocycles. The van der Waals surface area contributed by atoms with Crippen LogP contribution < -0.4 is 5.32 Å². The molecule has 0 saturated carbocycles. The molecule has 0 aromatic heterocycles. The van der Waals surface area contributed by atoms with Crippen molar-refractivity contribution in [1.29, 1.82) is 0 Å². The molecule has 1 atom stereocenters. The van der Waals surface area contributed by atoms with Crippen LogP contribution in [0.2, 0.25) is 0 Å². The van der Waals surface area contributed by atoms with Crippen molar-refractivity contribution in [2.45, 2.75) is 42.6 Å². The largest absolute Gasteiger partial charge is 0.332 e. The van der Waals surface area contributed by atoms with Gasteiger partial charge in [-0.15, -0.1) is 0 Å². The maximum Gasteiger partial charge on any atom is 0.252 e. The highest BCUT2D eigenvalue weighted by Gasteiger charge is 2.38. The number of amides is 1. The number of alkyl halides is 3. The fourth-order valence-corrected chi connectivity index (χ4v) is 3.34. The van der Waals surface area contributed by atoms with Crippen LogP contribution in [0.15, 0.2) is 24.3 Å². The Bertz CT molecular complexity index is 508. The zero-order valence-corrected chi connectivity index (χ0v) is 14.9. The van der Waals surface area contributed by atoms with Crippen molar-refractivity contribution in [3.8, 4) is 0 Å². The predicted molar refractivity (Wildman–Crippen MR) is 92.8 cm³/mol. The summed E-state index contributed by atoms with van der Waals surface area (Å²) in [5.41, 5.74) is 1.51. The standard InChI is InChI=1S/C16H21Cl3N2O/c1-12-8-4-5-9-13(12)14(22)20-15(16(17,18)19)21-10-6-2-3-7-11-21/h4-5,8-9,15H,2-3,6-7,10-11H2,1H3,(H,20,22)/t15-/m1/s1. The minimum Gasteiger partial charge on any atom is -0.332 e. The zero-order chi connectivity index (χ0) is 16.2. The number of likely N-dealkylation sites (tertiary alicyclic amines) is 1. The van der Waals surface area contributed by atoms with Gasteiger partial charge in [0.2, 0.25) is 3.79 Å².